The lowest BCUT2D eigenvalue weighted by Crippen LogP contribution is -2.40. The second-order valence-electron chi connectivity index (χ2n) is 6.88. The van der Waals surface area contributed by atoms with Gasteiger partial charge in [0.05, 0.1) is 17.9 Å². The first-order chi connectivity index (χ1) is 14.7. The van der Waals surface area contributed by atoms with E-state index in [1.807, 2.05) is 0 Å². The van der Waals surface area contributed by atoms with Crippen LogP contribution in [0, 0.1) is 11.6 Å². The highest BCUT2D eigenvalue weighted by atomic mass is 32.2. The first-order valence-electron chi connectivity index (χ1n) is 9.29. The fraction of sp³-hybridized carbons (Fsp3) is 0.136. The Labute approximate surface area is 179 Å². The van der Waals surface area contributed by atoms with Crippen LogP contribution in [0.3, 0.4) is 0 Å². The molecule has 0 fully saturated rings. The monoisotopic (exact) mass is 445 g/mol. The fourth-order valence-corrected chi connectivity index (χ4v) is 3.93. The van der Waals surface area contributed by atoms with Crippen molar-refractivity contribution >= 4 is 27.5 Å². The molecular weight excluding hydrogens is 424 g/mol. The second-order valence-corrected chi connectivity index (χ2v) is 8.95. The van der Waals surface area contributed by atoms with Gasteiger partial charge in [0.15, 0.2) is 0 Å². The first kappa shape index (κ1) is 22.4. The number of carbonyl (C=O) groups excluding carboxylic acids is 1. The predicted octanol–water partition coefficient (Wildman–Crippen LogP) is 4.03. The van der Waals surface area contributed by atoms with E-state index >= 15 is 0 Å². The van der Waals surface area contributed by atoms with Crippen molar-refractivity contribution in [1.29, 1.82) is 0 Å². The molecule has 162 valence electrons. The molecule has 0 unspecified atom stereocenters. The Hall–Kier alpha value is -3.30. The Morgan fingerprint density at radius 2 is 1.45 bits per heavy atom. The lowest BCUT2D eigenvalue weighted by atomic mass is 10.1. The first-order valence-corrected chi connectivity index (χ1v) is 10.7. The highest BCUT2D eigenvalue weighted by Gasteiger charge is 2.27. The molecule has 0 aliphatic carbocycles. The minimum Gasteiger partial charge on any atom is -0.319 e. The Kier molecular flexibility index (Phi) is 6.67. The maximum Gasteiger partial charge on any atom is 0.303 e. The zero-order valence-electron chi connectivity index (χ0n) is 16.9. The number of halogens is 2. The van der Waals surface area contributed by atoms with Crippen LogP contribution in [0.25, 0.3) is 0 Å². The fourth-order valence-electron chi connectivity index (χ4n) is 2.83. The van der Waals surface area contributed by atoms with Gasteiger partial charge in [0.1, 0.15) is 11.6 Å². The van der Waals surface area contributed by atoms with E-state index in [1.54, 1.807) is 24.3 Å². The highest BCUT2D eigenvalue weighted by molar-refractivity contribution is 7.90. The third kappa shape index (κ3) is 5.07. The molecule has 0 bridgehead atoms. The largest absolute Gasteiger partial charge is 0.319 e. The zero-order chi connectivity index (χ0) is 22.6. The van der Waals surface area contributed by atoms with E-state index in [0.29, 0.717) is 5.56 Å². The van der Waals surface area contributed by atoms with E-state index in [4.69, 9.17) is 0 Å². The highest BCUT2D eigenvalue weighted by Crippen LogP contribution is 2.25. The average molecular weight is 445 g/mol. The van der Waals surface area contributed by atoms with Crippen molar-refractivity contribution in [3.63, 3.8) is 0 Å². The van der Waals surface area contributed by atoms with Crippen molar-refractivity contribution in [3.8, 4) is 0 Å². The second kappa shape index (κ2) is 9.23. The summed E-state index contributed by atoms with van der Waals surface area (Å²) < 4.78 is 55.6. The van der Waals surface area contributed by atoms with Crippen LogP contribution in [0.4, 0.5) is 20.2 Å². The molecule has 0 spiro atoms. The molecule has 0 saturated carbocycles. The van der Waals surface area contributed by atoms with Gasteiger partial charge in [0.25, 0.3) is 5.91 Å². The molecule has 3 aromatic rings. The summed E-state index contributed by atoms with van der Waals surface area (Å²) in [5, 5.41) is 2.48. The average Bonchev–Trinajstić information content (AvgIpc) is 2.74. The van der Waals surface area contributed by atoms with Gasteiger partial charge in [0, 0.05) is 19.7 Å². The van der Waals surface area contributed by atoms with Crippen molar-refractivity contribution < 1.29 is 22.0 Å². The number of hydrogen-bond acceptors (Lipinski definition) is 3. The maximum atomic E-state index is 14.3. The van der Waals surface area contributed by atoms with E-state index in [9.17, 15) is 22.0 Å². The minimum atomic E-state index is -3.98. The molecule has 31 heavy (non-hydrogen) atoms. The summed E-state index contributed by atoms with van der Waals surface area (Å²) in [4.78, 5) is 12.4. The Morgan fingerprint density at radius 1 is 0.871 bits per heavy atom. The summed E-state index contributed by atoms with van der Waals surface area (Å²) in [7, 11) is -1.26. The molecule has 0 aromatic heterocycles. The van der Waals surface area contributed by atoms with Crippen LogP contribution in [-0.2, 0) is 16.8 Å². The number of nitrogens with one attached hydrogen (secondary N) is 1. The van der Waals surface area contributed by atoms with Gasteiger partial charge in [-0.25, -0.2) is 8.78 Å². The lowest BCUT2D eigenvalue weighted by Gasteiger charge is -2.27. The van der Waals surface area contributed by atoms with E-state index in [-0.39, 0.29) is 23.5 Å². The number of nitrogens with zero attached hydrogens (tertiary/aromatic N) is 2. The summed E-state index contributed by atoms with van der Waals surface area (Å²) in [5.41, 5.74) is 0.771. The number of rotatable bonds is 7. The third-order valence-corrected chi connectivity index (χ3v) is 6.33. The lowest BCUT2D eigenvalue weighted by molar-refractivity contribution is 0.102. The smallest absolute Gasteiger partial charge is 0.303 e. The number of amides is 1. The molecule has 9 heteroatoms. The Morgan fingerprint density at radius 3 is 2.03 bits per heavy atom. The molecule has 0 aliphatic rings. The van der Waals surface area contributed by atoms with Gasteiger partial charge in [-0.2, -0.15) is 12.7 Å². The van der Waals surface area contributed by atoms with Crippen LogP contribution in [0.1, 0.15) is 15.9 Å². The number of anilines is 2. The normalized spacial score (nSPS) is 11.4. The van der Waals surface area contributed by atoms with Gasteiger partial charge in [-0.3, -0.25) is 9.10 Å². The molecular formula is C22H21F2N3O3S. The van der Waals surface area contributed by atoms with Crippen LogP contribution in [0.15, 0.2) is 72.8 Å². The number of benzene rings is 3. The van der Waals surface area contributed by atoms with Crippen molar-refractivity contribution in [2.75, 3.05) is 23.7 Å². The van der Waals surface area contributed by atoms with E-state index in [0.717, 1.165) is 8.61 Å². The number of carbonyl (C=O) groups is 1. The summed E-state index contributed by atoms with van der Waals surface area (Å²) in [6, 6.07) is 17.5. The van der Waals surface area contributed by atoms with E-state index in [1.165, 1.54) is 62.6 Å². The predicted molar refractivity (Wildman–Crippen MR) is 116 cm³/mol. The van der Waals surface area contributed by atoms with Gasteiger partial charge < -0.3 is 5.32 Å². The third-order valence-electron chi connectivity index (χ3n) is 4.53. The number of para-hydroxylation sites is 2. The van der Waals surface area contributed by atoms with Gasteiger partial charge in [0.2, 0.25) is 0 Å². The van der Waals surface area contributed by atoms with Gasteiger partial charge in [-0.1, -0.05) is 36.4 Å². The molecule has 0 saturated heterocycles. The molecule has 0 atom stereocenters. The molecule has 0 heterocycles. The van der Waals surface area contributed by atoms with Crippen LogP contribution in [-0.4, -0.2) is 32.7 Å². The van der Waals surface area contributed by atoms with Gasteiger partial charge >= 0.3 is 10.2 Å². The Balaban J connectivity index is 1.84. The summed E-state index contributed by atoms with van der Waals surface area (Å²) >= 11 is 0. The molecule has 3 rings (SSSR count). The molecule has 0 radical (unpaired) electrons. The van der Waals surface area contributed by atoms with Crippen LogP contribution >= 0.6 is 0 Å². The van der Waals surface area contributed by atoms with Gasteiger partial charge in [-0.15, -0.1) is 0 Å². The molecule has 1 N–H and O–H groups in total. The molecule has 6 nitrogen and oxygen atoms in total. The SMILES string of the molecule is CN(C)S(=O)(=O)N(Cc1ccc(C(=O)Nc2ccccc2F)cc1)c1ccccc1F. The summed E-state index contributed by atoms with van der Waals surface area (Å²) in [6.07, 6.45) is 0. The standard InChI is InChI=1S/C22H21F2N3O3S/c1-26(2)31(29,30)27(21-10-6-4-8-19(21)24)15-16-11-13-17(14-12-16)22(28)25-20-9-5-3-7-18(20)23/h3-14H,15H2,1-2H3,(H,25,28). The quantitative estimate of drug-likeness (QED) is 0.597. The topological polar surface area (TPSA) is 69.7 Å². The maximum absolute atomic E-state index is 14.3. The van der Waals surface area contributed by atoms with Crippen molar-refractivity contribution in [1.82, 2.24) is 4.31 Å². The zero-order valence-corrected chi connectivity index (χ0v) is 17.7. The van der Waals surface area contributed by atoms with Crippen molar-refractivity contribution in [3.05, 3.63) is 95.6 Å². The Bertz CT molecular complexity index is 1180. The van der Waals surface area contributed by atoms with E-state index in [2.05, 4.69) is 5.32 Å². The number of hydrogen-bond donors (Lipinski definition) is 1. The van der Waals surface area contributed by atoms with Crippen LogP contribution in [0.2, 0.25) is 0 Å². The molecule has 0 aliphatic heterocycles. The van der Waals surface area contributed by atoms with Crippen molar-refractivity contribution in [2.24, 2.45) is 0 Å². The molecule has 3 aromatic carbocycles. The van der Waals surface area contributed by atoms with E-state index < -0.39 is 27.8 Å². The van der Waals surface area contributed by atoms with Crippen LogP contribution in [0.5, 0.6) is 0 Å². The molecule has 1 amide bonds. The van der Waals surface area contributed by atoms with Crippen molar-refractivity contribution in [2.45, 2.75) is 6.54 Å². The van der Waals surface area contributed by atoms with Gasteiger partial charge in [-0.05, 0) is 42.0 Å². The minimum absolute atomic E-state index is 0.0550. The summed E-state index contributed by atoms with van der Waals surface area (Å²) in [6.45, 7) is -0.142. The summed E-state index contributed by atoms with van der Waals surface area (Å²) in [5.74, 6) is -1.74. The van der Waals surface area contributed by atoms with Crippen LogP contribution < -0.4 is 9.62 Å².